The quantitative estimate of drug-likeness (QED) is 0.901. The number of rotatable bonds is 5. The van der Waals surface area contributed by atoms with E-state index in [0.717, 1.165) is 24.7 Å². The molecule has 1 aromatic heterocycles. The third kappa shape index (κ3) is 3.31. The van der Waals surface area contributed by atoms with Gasteiger partial charge in [-0.1, -0.05) is 19.1 Å². The van der Waals surface area contributed by atoms with Crippen LogP contribution in [0.25, 0.3) is 0 Å². The van der Waals surface area contributed by atoms with Crippen molar-refractivity contribution < 1.29 is 13.2 Å². The lowest BCUT2D eigenvalue weighted by Gasteiger charge is -2.14. The molecule has 1 heterocycles. The van der Waals surface area contributed by atoms with Gasteiger partial charge in [-0.15, -0.1) is 0 Å². The van der Waals surface area contributed by atoms with E-state index in [1.165, 1.54) is 12.1 Å². The van der Waals surface area contributed by atoms with Gasteiger partial charge in [0, 0.05) is 18.4 Å². The number of aryl methyl sites for hydroxylation is 1. The highest BCUT2D eigenvalue weighted by Crippen LogP contribution is 2.34. The second kappa shape index (κ2) is 5.98. The molecule has 0 spiro atoms. The van der Waals surface area contributed by atoms with Crippen molar-refractivity contribution in [1.82, 2.24) is 9.78 Å². The second-order valence-electron chi connectivity index (χ2n) is 4.44. The molecule has 0 saturated carbocycles. The summed E-state index contributed by atoms with van der Waals surface area (Å²) in [4.78, 5) is 0. The number of halogens is 3. The van der Waals surface area contributed by atoms with Gasteiger partial charge in [-0.05, 0) is 24.6 Å². The number of nitrogens with zero attached hydrogens (tertiary/aromatic N) is 2. The molecule has 0 fully saturated rings. The van der Waals surface area contributed by atoms with Gasteiger partial charge in [-0.3, -0.25) is 4.68 Å². The average molecular weight is 283 g/mol. The van der Waals surface area contributed by atoms with Crippen LogP contribution >= 0.6 is 0 Å². The van der Waals surface area contributed by atoms with Crippen molar-refractivity contribution in [1.29, 1.82) is 0 Å². The van der Waals surface area contributed by atoms with E-state index in [0.29, 0.717) is 6.54 Å². The van der Waals surface area contributed by atoms with E-state index in [9.17, 15) is 13.2 Å². The topological polar surface area (TPSA) is 29.9 Å². The van der Waals surface area contributed by atoms with Gasteiger partial charge in [0.2, 0.25) is 0 Å². The molecule has 0 bridgehead atoms. The average Bonchev–Trinajstić information content (AvgIpc) is 2.83. The lowest BCUT2D eigenvalue weighted by molar-refractivity contribution is -0.136. The standard InChI is InChI=1S/C14H16F3N3/c1-2-9-20-11(7-8-19-20)10-18-13-6-4-3-5-12(13)14(15,16)17/h3-8,18H,2,9-10H2,1H3. The Hall–Kier alpha value is -1.98. The van der Waals surface area contributed by atoms with Crippen molar-refractivity contribution in [3.05, 3.63) is 47.8 Å². The van der Waals surface area contributed by atoms with Crippen LogP contribution in [0.1, 0.15) is 24.6 Å². The molecule has 3 nitrogen and oxygen atoms in total. The van der Waals surface area contributed by atoms with Crippen LogP contribution in [0.5, 0.6) is 0 Å². The van der Waals surface area contributed by atoms with E-state index < -0.39 is 11.7 Å². The van der Waals surface area contributed by atoms with E-state index in [2.05, 4.69) is 10.4 Å². The Bertz CT molecular complexity index is 561. The van der Waals surface area contributed by atoms with Crippen LogP contribution in [0.4, 0.5) is 18.9 Å². The zero-order chi connectivity index (χ0) is 14.6. The number of para-hydroxylation sites is 1. The van der Waals surface area contributed by atoms with Crippen LogP contribution in [0, 0.1) is 0 Å². The molecule has 2 aromatic rings. The van der Waals surface area contributed by atoms with Crippen LogP contribution in [-0.2, 0) is 19.3 Å². The third-order valence-electron chi connectivity index (χ3n) is 2.93. The summed E-state index contributed by atoms with van der Waals surface area (Å²) in [7, 11) is 0. The highest BCUT2D eigenvalue weighted by atomic mass is 19.4. The Kier molecular flexibility index (Phi) is 4.32. The van der Waals surface area contributed by atoms with Gasteiger partial charge in [0.05, 0.1) is 17.8 Å². The first-order chi connectivity index (χ1) is 9.52. The Morgan fingerprint density at radius 2 is 1.95 bits per heavy atom. The third-order valence-corrected chi connectivity index (χ3v) is 2.93. The SMILES string of the molecule is CCCn1nccc1CNc1ccccc1C(F)(F)F. The Morgan fingerprint density at radius 3 is 2.65 bits per heavy atom. The van der Waals surface area contributed by atoms with E-state index in [4.69, 9.17) is 0 Å². The minimum Gasteiger partial charge on any atom is -0.379 e. The number of benzene rings is 1. The number of hydrogen-bond donors (Lipinski definition) is 1. The van der Waals surface area contributed by atoms with Crippen molar-refractivity contribution in [3.8, 4) is 0 Å². The number of aromatic nitrogens is 2. The van der Waals surface area contributed by atoms with Crippen LogP contribution in [0.2, 0.25) is 0 Å². The maximum Gasteiger partial charge on any atom is 0.418 e. The zero-order valence-corrected chi connectivity index (χ0v) is 11.1. The Labute approximate surface area is 115 Å². The monoisotopic (exact) mass is 283 g/mol. The lowest BCUT2D eigenvalue weighted by atomic mass is 10.1. The largest absolute Gasteiger partial charge is 0.418 e. The summed E-state index contributed by atoms with van der Waals surface area (Å²) < 4.78 is 40.4. The van der Waals surface area contributed by atoms with Gasteiger partial charge < -0.3 is 5.32 Å². The smallest absolute Gasteiger partial charge is 0.379 e. The molecule has 1 N–H and O–H groups in total. The molecule has 108 valence electrons. The molecule has 0 aliphatic rings. The summed E-state index contributed by atoms with van der Waals surface area (Å²) in [6, 6.07) is 7.28. The first kappa shape index (κ1) is 14.4. The fraction of sp³-hybridized carbons (Fsp3) is 0.357. The minimum absolute atomic E-state index is 0.0873. The molecule has 0 saturated heterocycles. The molecule has 2 rings (SSSR count). The molecular formula is C14H16F3N3. The molecule has 0 radical (unpaired) electrons. The first-order valence-corrected chi connectivity index (χ1v) is 6.43. The van der Waals surface area contributed by atoms with Crippen molar-refractivity contribution in [3.63, 3.8) is 0 Å². The van der Waals surface area contributed by atoms with Crippen molar-refractivity contribution in [2.75, 3.05) is 5.32 Å². The van der Waals surface area contributed by atoms with Crippen molar-refractivity contribution in [2.24, 2.45) is 0 Å². The summed E-state index contributed by atoms with van der Waals surface area (Å²) in [5.74, 6) is 0. The molecular weight excluding hydrogens is 267 g/mol. The predicted molar refractivity (Wildman–Crippen MR) is 71.3 cm³/mol. The van der Waals surface area contributed by atoms with Gasteiger partial charge >= 0.3 is 6.18 Å². The van der Waals surface area contributed by atoms with Crippen LogP contribution in [0.15, 0.2) is 36.5 Å². The summed E-state index contributed by atoms with van der Waals surface area (Å²) in [5.41, 5.74) is 0.301. The molecule has 0 atom stereocenters. The maximum absolute atomic E-state index is 12.9. The van der Waals surface area contributed by atoms with Gasteiger partial charge in [0.25, 0.3) is 0 Å². The van der Waals surface area contributed by atoms with Gasteiger partial charge in [-0.25, -0.2) is 0 Å². The van der Waals surface area contributed by atoms with Crippen LogP contribution in [-0.4, -0.2) is 9.78 Å². The molecule has 0 amide bonds. The first-order valence-electron chi connectivity index (χ1n) is 6.43. The number of hydrogen-bond acceptors (Lipinski definition) is 2. The fourth-order valence-electron chi connectivity index (χ4n) is 1.99. The van der Waals surface area contributed by atoms with Gasteiger partial charge in [0.1, 0.15) is 0 Å². The molecule has 6 heteroatoms. The highest BCUT2D eigenvalue weighted by molar-refractivity contribution is 5.52. The highest BCUT2D eigenvalue weighted by Gasteiger charge is 2.33. The van der Waals surface area contributed by atoms with Gasteiger partial charge in [-0.2, -0.15) is 18.3 Å². The summed E-state index contributed by atoms with van der Waals surface area (Å²) in [6.07, 6.45) is -1.77. The maximum atomic E-state index is 12.9. The van der Waals surface area contributed by atoms with Crippen molar-refractivity contribution in [2.45, 2.75) is 32.6 Å². The normalized spacial score (nSPS) is 11.6. The molecule has 0 aliphatic heterocycles. The Balaban J connectivity index is 2.13. The minimum atomic E-state index is -4.35. The van der Waals surface area contributed by atoms with Crippen LogP contribution < -0.4 is 5.32 Å². The molecule has 1 aromatic carbocycles. The number of alkyl halides is 3. The van der Waals surface area contributed by atoms with Gasteiger partial charge in [0.15, 0.2) is 0 Å². The number of nitrogens with one attached hydrogen (secondary N) is 1. The van der Waals surface area contributed by atoms with Crippen LogP contribution in [0.3, 0.4) is 0 Å². The summed E-state index contributed by atoms with van der Waals surface area (Å²) in [6.45, 7) is 3.09. The second-order valence-corrected chi connectivity index (χ2v) is 4.44. The lowest BCUT2D eigenvalue weighted by Crippen LogP contribution is -2.13. The molecule has 20 heavy (non-hydrogen) atoms. The molecule has 0 aliphatic carbocycles. The van der Waals surface area contributed by atoms with E-state index >= 15 is 0 Å². The van der Waals surface area contributed by atoms with Crippen molar-refractivity contribution >= 4 is 5.69 Å². The van der Waals surface area contributed by atoms with E-state index in [-0.39, 0.29) is 5.69 Å². The Morgan fingerprint density at radius 1 is 1.20 bits per heavy atom. The van der Waals surface area contributed by atoms with E-state index in [1.54, 1.807) is 23.0 Å². The summed E-state index contributed by atoms with van der Waals surface area (Å²) in [5, 5.41) is 6.98. The zero-order valence-electron chi connectivity index (χ0n) is 11.1. The van der Waals surface area contributed by atoms with E-state index in [1.807, 2.05) is 6.92 Å². The summed E-state index contributed by atoms with van der Waals surface area (Å²) >= 11 is 0. The number of anilines is 1. The fourth-order valence-corrected chi connectivity index (χ4v) is 1.99. The predicted octanol–water partition coefficient (Wildman–Crippen LogP) is 3.92. The molecule has 0 unspecified atom stereocenters.